The van der Waals surface area contributed by atoms with Gasteiger partial charge in [0.25, 0.3) is 0 Å². The lowest BCUT2D eigenvalue weighted by atomic mass is 9.51. The molecule has 3 heteroatoms. The topological polar surface area (TPSA) is 24.4 Å². The van der Waals surface area contributed by atoms with Crippen molar-refractivity contribution in [2.24, 2.45) is 4.99 Å². The van der Waals surface area contributed by atoms with E-state index in [0.29, 0.717) is 0 Å². The molecule has 0 saturated heterocycles. The maximum atomic E-state index is 5.40. The molecule has 1 atom stereocenters. The Labute approximate surface area is 425 Å². The summed E-state index contributed by atoms with van der Waals surface area (Å²) in [5.41, 5.74) is 25.4. The number of allylic oxidation sites excluding steroid dienone is 1. The summed E-state index contributed by atoms with van der Waals surface area (Å²) in [6.07, 6.45) is 2.01. The summed E-state index contributed by atoms with van der Waals surface area (Å²) in [5, 5.41) is 3.85. The van der Waals surface area contributed by atoms with E-state index in [-0.39, 0.29) is 11.6 Å². The van der Waals surface area contributed by atoms with E-state index in [2.05, 4.69) is 262 Å². The first-order chi connectivity index (χ1) is 35.5. The number of hydrogen-bond donors (Lipinski definition) is 1. The van der Waals surface area contributed by atoms with Gasteiger partial charge in [0.1, 0.15) is 6.17 Å². The zero-order valence-electron chi connectivity index (χ0n) is 40.0. The van der Waals surface area contributed by atoms with Crippen molar-refractivity contribution in [3.05, 3.63) is 315 Å². The monoisotopic (exact) mass is 936 g/mol. The van der Waals surface area contributed by atoms with Crippen LogP contribution in [0.15, 0.2) is 257 Å². The van der Waals surface area contributed by atoms with Gasteiger partial charge in [-0.05, 0) is 124 Å². The molecule has 2 spiro atoms. The highest BCUT2D eigenvalue weighted by molar-refractivity contribution is 7.99. The van der Waals surface area contributed by atoms with Crippen LogP contribution in [0.5, 0.6) is 0 Å². The molecule has 15 rings (SSSR count). The lowest BCUT2D eigenvalue weighted by Gasteiger charge is -2.51. The van der Waals surface area contributed by atoms with Crippen LogP contribution in [0.4, 0.5) is 0 Å². The molecule has 2 nitrogen and oxygen atoms in total. The number of fused-ring (bicyclic) bond motifs is 18. The third-order valence-electron chi connectivity index (χ3n) is 16.7. The minimum atomic E-state index is -0.552. The molecular weight excluding hydrogens is 889 g/mol. The van der Waals surface area contributed by atoms with Crippen LogP contribution in [0.2, 0.25) is 0 Å². The van der Waals surface area contributed by atoms with E-state index in [9.17, 15) is 0 Å². The molecule has 0 amide bonds. The third-order valence-corrected chi connectivity index (χ3v) is 17.8. The van der Waals surface area contributed by atoms with Gasteiger partial charge in [0.2, 0.25) is 0 Å². The molecule has 0 aromatic heterocycles. The van der Waals surface area contributed by atoms with Crippen LogP contribution in [0, 0.1) is 0 Å². The highest BCUT2D eigenvalue weighted by atomic mass is 32.2. The smallest absolute Gasteiger partial charge is 0.145 e. The molecule has 3 aliphatic carbocycles. The van der Waals surface area contributed by atoms with E-state index in [1.54, 1.807) is 0 Å². The first-order valence-corrected chi connectivity index (χ1v) is 26.0. The molecule has 5 aliphatic rings. The van der Waals surface area contributed by atoms with E-state index in [0.717, 1.165) is 28.1 Å². The minimum absolute atomic E-state index is 0.104. The Morgan fingerprint density at radius 3 is 1.50 bits per heavy atom. The highest BCUT2D eigenvalue weighted by Gasteiger charge is 2.58. The van der Waals surface area contributed by atoms with Crippen molar-refractivity contribution in [3.8, 4) is 33.4 Å². The van der Waals surface area contributed by atoms with Crippen molar-refractivity contribution in [1.29, 1.82) is 0 Å². The van der Waals surface area contributed by atoms with Crippen molar-refractivity contribution in [2.45, 2.75) is 46.0 Å². The molecule has 0 saturated carbocycles. The molecule has 2 aliphatic heterocycles. The van der Waals surface area contributed by atoms with Gasteiger partial charge in [-0.1, -0.05) is 244 Å². The summed E-state index contributed by atoms with van der Waals surface area (Å²) < 4.78 is 0. The molecule has 2 heterocycles. The lowest BCUT2D eigenvalue weighted by Crippen LogP contribution is -2.45. The molecule has 0 fully saturated rings. The van der Waals surface area contributed by atoms with Crippen LogP contribution < -0.4 is 5.32 Å². The number of rotatable bonds is 4. The van der Waals surface area contributed by atoms with E-state index in [1.165, 1.54) is 98.8 Å². The van der Waals surface area contributed by atoms with Gasteiger partial charge in [-0.3, -0.25) is 4.99 Å². The van der Waals surface area contributed by atoms with Gasteiger partial charge in [0.05, 0.1) is 16.5 Å². The lowest BCUT2D eigenvalue weighted by molar-refractivity contribution is 0.605. The number of benzene rings is 10. The van der Waals surface area contributed by atoms with Gasteiger partial charge in [0, 0.05) is 26.5 Å². The largest absolute Gasteiger partial charge is 0.360 e. The Morgan fingerprint density at radius 1 is 0.375 bits per heavy atom. The fraction of sp³-hybridized carbons (Fsp3) is 0.0870. The van der Waals surface area contributed by atoms with Crippen molar-refractivity contribution >= 4 is 23.2 Å². The van der Waals surface area contributed by atoms with Crippen molar-refractivity contribution < 1.29 is 0 Å². The average molecular weight is 937 g/mol. The second-order valence-corrected chi connectivity index (χ2v) is 21.6. The molecule has 10 aromatic rings. The number of hydrogen-bond acceptors (Lipinski definition) is 3. The van der Waals surface area contributed by atoms with Crippen LogP contribution in [0.3, 0.4) is 0 Å². The van der Waals surface area contributed by atoms with E-state index in [1.807, 2.05) is 11.8 Å². The zero-order chi connectivity index (χ0) is 47.8. The first kappa shape index (κ1) is 41.5. The normalized spacial score (nSPS) is 17.2. The molecular formula is C69H48N2S. The van der Waals surface area contributed by atoms with Crippen LogP contribution in [0.1, 0.15) is 92.3 Å². The van der Waals surface area contributed by atoms with Crippen molar-refractivity contribution in [2.75, 3.05) is 0 Å². The maximum absolute atomic E-state index is 5.40. The Balaban J connectivity index is 0.878. The van der Waals surface area contributed by atoms with Crippen LogP contribution >= 0.6 is 11.8 Å². The van der Waals surface area contributed by atoms with Gasteiger partial charge in [-0.25, -0.2) is 0 Å². The Hall–Kier alpha value is -8.24. The van der Waals surface area contributed by atoms with E-state index in [4.69, 9.17) is 4.99 Å². The van der Waals surface area contributed by atoms with Gasteiger partial charge >= 0.3 is 0 Å². The van der Waals surface area contributed by atoms with Crippen LogP contribution in [-0.2, 0) is 16.2 Å². The number of aliphatic imine (C=N–C) groups is 1. The first-order valence-electron chi connectivity index (χ1n) is 25.2. The summed E-state index contributed by atoms with van der Waals surface area (Å²) in [5.74, 6) is 0. The molecule has 0 radical (unpaired) electrons. The quantitative estimate of drug-likeness (QED) is 0.190. The highest BCUT2D eigenvalue weighted by Crippen LogP contribution is 2.67. The van der Waals surface area contributed by atoms with Gasteiger partial charge in [-0.15, -0.1) is 0 Å². The molecule has 340 valence electrons. The van der Waals surface area contributed by atoms with Crippen LogP contribution in [-0.4, -0.2) is 5.71 Å². The maximum Gasteiger partial charge on any atom is 0.145 e. The minimum Gasteiger partial charge on any atom is -0.360 e. The predicted octanol–water partition coefficient (Wildman–Crippen LogP) is 16.3. The summed E-state index contributed by atoms with van der Waals surface area (Å²) in [6, 6.07) is 88.9. The fourth-order valence-corrected chi connectivity index (χ4v) is 14.8. The summed E-state index contributed by atoms with van der Waals surface area (Å²) >= 11 is 1.90. The Morgan fingerprint density at radius 2 is 0.847 bits per heavy atom. The second kappa shape index (κ2) is 15.4. The van der Waals surface area contributed by atoms with Gasteiger partial charge in [-0.2, -0.15) is 0 Å². The van der Waals surface area contributed by atoms with Gasteiger partial charge in [0.15, 0.2) is 0 Å². The molecule has 1 unspecified atom stereocenters. The summed E-state index contributed by atoms with van der Waals surface area (Å²) in [6.45, 7) is 4.69. The molecule has 72 heavy (non-hydrogen) atoms. The van der Waals surface area contributed by atoms with Crippen LogP contribution in [0.25, 0.3) is 39.1 Å². The summed E-state index contributed by atoms with van der Waals surface area (Å²) in [7, 11) is 0. The number of nitrogens with zero attached hydrogens (tertiary/aromatic N) is 1. The zero-order valence-corrected chi connectivity index (χ0v) is 40.8. The second-order valence-electron chi connectivity index (χ2n) is 20.5. The summed E-state index contributed by atoms with van der Waals surface area (Å²) in [4.78, 5) is 8.02. The number of nitrogens with one attached hydrogen (secondary N) is 1. The predicted molar refractivity (Wildman–Crippen MR) is 296 cm³/mol. The SMILES string of the molecule is CC1(C)c2ccccc2-c2ccc(C3=NC(c4ccccc4)NC(c4ccc(-c5cccc6c5-c5ccccc5C65c6ccccc6C6(c7ccccc7Sc7ccccc76)c6ccccc65)cc4)=C3)cc21. The van der Waals surface area contributed by atoms with Crippen molar-refractivity contribution in [1.82, 2.24) is 5.32 Å². The average Bonchev–Trinajstić information content (AvgIpc) is 3.88. The Bertz CT molecular complexity index is 3870. The third kappa shape index (κ3) is 5.55. The standard InChI is InChI=1S/C69H48N2S/c1-67(2)51-24-8-6-21-48(51)49-40-39-46(41-60(49)67)62-42-61(70-66(71-62)45-19-4-3-5-20-45)44-37-35-43(36-38-44)47-23-18-32-59-65(47)50-22-7-9-25-52(50)68(59)53-26-10-12-28-55(53)69(56-29-13-11-27-54(56)68)57-30-14-16-33-63(57)72-64-34-17-15-31-58(64)69/h3-42,66,70H,1-2H3. The Kier molecular flexibility index (Phi) is 8.87. The van der Waals surface area contributed by atoms with E-state index < -0.39 is 10.8 Å². The molecule has 1 N–H and O–H groups in total. The van der Waals surface area contributed by atoms with Crippen molar-refractivity contribution in [3.63, 3.8) is 0 Å². The molecule has 10 aromatic carbocycles. The fourth-order valence-electron chi connectivity index (χ4n) is 13.6. The van der Waals surface area contributed by atoms with Gasteiger partial charge < -0.3 is 5.32 Å². The van der Waals surface area contributed by atoms with E-state index >= 15 is 0 Å². The molecule has 0 bridgehead atoms.